The maximum atomic E-state index is 5.92. The van der Waals surface area contributed by atoms with Crippen molar-refractivity contribution in [3.05, 3.63) is 42.0 Å². The SMILES string of the molecule is c1ccc2c3c(ccc2c1)OCCC31NN=C2SCCN2N1. The van der Waals surface area contributed by atoms with E-state index in [9.17, 15) is 0 Å². The smallest absolute Gasteiger partial charge is 0.197 e. The Labute approximate surface area is 132 Å². The summed E-state index contributed by atoms with van der Waals surface area (Å²) in [6.07, 6.45) is 0.839. The minimum absolute atomic E-state index is 0.386. The van der Waals surface area contributed by atoms with E-state index in [0.29, 0.717) is 6.61 Å². The Hall–Kier alpha value is -1.92. The van der Waals surface area contributed by atoms with Crippen molar-refractivity contribution in [2.75, 3.05) is 18.9 Å². The molecule has 2 aromatic rings. The molecule has 1 spiro atoms. The van der Waals surface area contributed by atoms with Crippen LogP contribution in [0.25, 0.3) is 10.8 Å². The van der Waals surface area contributed by atoms with E-state index in [4.69, 9.17) is 4.74 Å². The summed E-state index contributed by atoms with van der Waals surface area (Å²) < 4.78 is 5.92. The van der Waals surface area contributed by atoms with Crippen molar-refractivity contribution in [2.45, 2.75) is 12.1 Å². The molecule has 1 fully saturated rings. The lowest BCUT2D eigenvalue weighted by Crippen LogP contribution is -2.64. The van der Waals surface area contributed by atoms with E-state index in [-0.39, 0.29) is 5.66 Å². The number of nitrogens with zero attached hydrogens (tertiary/aromatic N) is 2. The van der Waals surface area contributed by atoms with Crippen LogP contribution >= 0.6 is 11.8 Å². The summed E-state index contributed by atoms with van der Waals surface area (Å²) in [6, 6.07) is 12.6. The molecular weight excluding hydrogens is 296 g/mol. The molecule has 0 aliphatic carbocycles. The number of thioether (sulfide) groups is 1. The van der Waals surface area contributed by atoms with Crippen molar-refractivity contribution in [1.29, 1.82) is 0 Å². The van der Waals surface area contributed by atoms with Gasteiger partial charge >= 0.3 is 0 Å². The zero-order chi connectivity index (χ0) is 14.6. The molecule has 5 rings (SSSR count). The first kappa shape index (κ1) is 12.6. The van der Waals surface area contributed by atoms with Gasteiger partial charge in [0, 0.05) is 24.3 Å². The van der Waals surface area contributed by atoms with Gasteiger partial charge in [0.15, 0.2) is 10.8 Å². The Bertz CT molecular complexity index is 793. The second-order valence-electron chi connectivity index (χ2n) is 5.78. The number of fused-ring (bicyclic) bond motifs is 5. The van der Waals surface area contributed by atoms with Gasteiger partial charge in [0.25, 0.3) is 0 Å². The van der Waals surface area contributed by atoms with E-state index in [1.165, 1.54) is 10.8 Å². The Morgan fingerprint density at radius 2 is 2.18 bits per heavy atom. The number of rotatable bonds is 0. The van der Waals surface area contributed by atoms with Gasteiger partial charge in [0.2, 0.25) is 0 Å². The molecule has 0 amide bonds. The quantitative estimate of drug-likeness (QED) is 0.781. The van der Waals surface area contributed by atoms with Crippen molar-refractivity contribution in [2.24, 2.45) is 5.10 Å². The number of amidine groups is 1. The number of benzene rings is 2. The van der Waals surface area contributed by atoms with Gasteiger partial charge in [-0.05, 0) is 16.8 Å². The Morgan fingerprint density at radius 1 is 1.23 bits per heavy atom. The van der Waals surface area contributed by atoms with Crippen molar-refractivity contribution >= 4 is 27.7 Å². The third-order valence-electron chi connectivity index (χ3n) is 4.50. The summed E-state index contributed by atoms with van der Waals surface area (Å²) in [5.74, 6) is 2.01. The summed E-state index contributed by atoms with van der Waals surface area (Å²) in [5.41, 5.74) is 7.84. The van der Waals surface area contributed by atoms with Crippen LogP contribution in [0.2, 0.25) is 0 Å². The Kier molecular flexibility index (Phi) is 2.60. The summed E-state index contributed by atoms with van der Waals surface area (Å²) >= 11 is 1.78. The van der Waals surface area contributed by atoms with E-state index in [2.05, 4.69) is 57.4 Å². The van der Waals surface area contributed by atoms with Crippen LogP contribution in [-0.4, -0.2) is 29.1 Å². The average Bonchev–Trinajstić information content (AvgIpc) is 3.02. The monoisotopic (exact) mass is 312 g/mol. The van der Waals surface area contributed by atoms with Gasteiger partial charge < -0.3 is 4.74 Å². The van der Waals surface area contributed by atoms with E-state index in [1.54, 1.807) is 11.8 Å². The minimum atomic E-state index is -0.386. The molecule has 1 atom stereocenters. The van der Waals surface area contributed by atoms with Gasteiger partial charge in [-0.2, -0.15) is 5.10 Å². The van der Waals surface area contributed by atoms with Crippen LogP contribution in [0.5, 0.6) is 5.75 Å². The highest BCUT2D eigenvalue weighted by Gasteiger charge is 2.44. The topological polar surface area (TPSA) is 48.9 Å². The van der Waals surface area contributed by atoms with Gasteiger partial charge in [-0.15, -0.1) is 0 Å². The summed E-state index contributed by atoms with van der Waals surface area (Å²) in [4.78, 5) is 0. The molecule has 2 aromatic carbocycles. The Balaban J connectivity index is 1.73. The van der Waals surface area contributed by atoms with Gasteiger partial charge in [0.1, 0.15) is 5.75 Å². The minimum Gasteiger partial charge on any atom is -0.493 e. The molecule has 3 aliphatic heterocycles. The third-order valence-corrected chi connectivity index (χ3v) is 5.45. The molecule has 1 saturated heterocycles. The Morgan fingerprint density at radius 3 is 3.18 bits per heavy atom. The molecule has 2 N–H and O–H groups in total. The second kappa shape index (κ2) is 4.54. The van der Waals surface area contributed by atoms with E-state index in [0.717, 1.165) is 35.2 Å². The predicted octanol–water partition coefficient (Wildman–Crippen LogP) is 2.20. The fraction of sp³-hybridized carbons (Fsp3) is 0.312. The number of hydrogen-bond donors (Lipinski definition) is 2. The van der Waals surface area contributed by atoms with Crippen LogP contribution in [0.1, 0.15) is 12.0 Å². The molecule has 6 heteroatoms. The second-order valence-corrected chi connectivity index (χ2v) is 6.84. The van der Waals surface area contributed by atoms with Crippen LogP contribution in [0.3, 0.4) is 0 Å². The molecule has 0 aromatic heterocycles. The molecule has 0 bridgehead atoms. The van der Waals surface area contributed by atoms with Crippen LogP contribution in [0.4, 0.5) is 0 Å². The lowest BCUT2D eigenvalue weighted by atomic mass is 9.89. The maximum absolute atomic E-state index is 5.92. The summed E-state index contributed by atoms with van der Waals surface area (Å²) in [7, 11) is 0. The van der Waals surface area contributed by atoms with E-state index in [1.807, 2.05) is 0 Å². The van der Waals surface area contributed by atoms with Gasteiger partial charge in [-0.1, -0.05) is 42.1 Å². The molecular formula is C16H16N4OS. The van der Waals surface area contributed by atoms with E-state index < -0.39 is 0 Å². The highest BCUT2D eigenvalue weighted by atomic mass is 32.2. The summed E-state index contributed by atoms with van der Waals surface area (Å²) in [5, 5.41) is 10.2. The van der Waals surface area contributed by atoms with E-state index >= 15 is 0 Å². The number of hydrazone groups is 1. The zero-order valence-corrected chi connectivity index (χ0v) is 12.8. The molecule has 112 valence electrons. The van der Waals surface area contributed by atoms with Gasteiger partial charge in [-0.25, -0.2) is 5.43 Å². The van der Waals surface area contributed by atoms with Gasteiger partial charge in [-0.3, -0.25) is 10.4 Å². The van der Waals surface area contributed by atoms with Crippen LogP contribution in [0, 0.1) is 0 Å². The zero-order valence-electron chi connectivity index (χ0n) is 12.0. The fourth-order valence-corrected chi connectivity index (χ4v) is 4.33. The molecule has 22 heavy (non-hydrogen) atoms. The van der Waals surface area contributed by atoms with Gasteiger partial charge in [0.05, 0.1) is 6.61 Å². The molecule has 3 aliphatic rings. The van der Waals surface area contributed by atoms with Crippen molar-refractivity contribution in [1.82, 2.24) is 15.9 Å². The normalized spacial score (nSPS) is 26.2. The largest absolute Gasteiger partial charge is 0.493 e. The molecule has 0 saturated carbocycles. The van der Waals surface area contributed by atoms with Crippen LogP contribution < -0.4 is 15.6 Å². The molecule has 1 unspecified atom stereocenters. The highest BCUT2D eigenvalue weighted by Crippen LogP contribution is 2.42. The lowest BCUT2D eigenvalue weighted by molar-refractivity contribution is 0.0791. The van der Waals surface area contributed by atoms with Crippen LogP contribution in [-0.2, 0) is 5.66 Å². The van der Waals surface area contributed by atoms with Crippen molar-refractivity contribution in [3.63, 3.8) is 0 Å². The predicted molar refractivity (Wildman–Crippen MR) is 88.6 cm³/mol. The van der Waals surface area contributed by atoms with Crippen molar-refractivity contribution < 1.29 is 4.74 Å². The van der Waals surface area contributed by atoms with Crippen molar-refractivity contribution in [3.8, 4) is 5.75 Å². The summed E-state index contributed by atoms with van der Waals surface area (Å²) in [6.45, 7) is 1.66. The first-order valence-electron chi connectivity index (χ1n) is 7.54. The highest BCUT2D eigenvalue weighted by molar-refractivity contribution is 8.14. The molecule has 0 radical (unpaired) electrons. The fourth-order valence-electron chi connectivity index (χ4n) is 3.47. The first-order valence-corrected chi connectivity index (χ1v) is 8.52. The maximum Gasteiger partial charge on any atom is 0.197 e. The average molecular weight is 312 g/mol. The molecule has 5 nitrogen and oxygen atoms in total. The number of ether oxygens (including phenoxy) is 1. The van der Waals surface area contributed by atoms with Crippen LogP contribution in [0.15, 0.2) is 41.5 Å². The third kappa shape index (κ3) is 1.68. The lowest BCUT2D eigenvalue weighted by Gasteiger charge is -2.45. The number of hydrazine groups is 1. The number of nitrogens with one attached hydrogen (secondary N) is 2. The standard InChI is InChI=1S/C16H16N4OS/c1-2-4-12-11(3-1)5-6-13-14(12)16(7-9-21-13)18-17-15-20(19-16)8-10-22-15/h1-6,18-19H,7-10H2. The number of hydrogen-bond acceptors (Lipinski definition) is 6. The first-order chi connectivity index (χ1) is 10.9. The molecule has 3 heterocycles.